The van der Waals surface area contributed by atoms with Gasteiger partial charge in [0.1, 0.15) is 0 Å². The van der Waals surface area contributed by atoms with Crippen LogP contribution in [-0.2, 0) is 11.2 Å². The molecule has 0 saturated carbocycles. The number of hydrogen-bond acceptors (Lipinski definition) is 6. The molecule has 2 amide bonds. The van der Waals surface area contributed by atoms with E-state index < -0.39 is 0 Å². The maximum absolute atomic E-state index is 12.3. The Bertz CT molecular complexity index is 787. The molecule has 0 fully saturated rings. The molecule has 0 spiro atoms. The lowest BCUT2D eigenvalue weighted by molar-refractivity contribution is -0.120. The van der Waals surface area contributed by atoms with Crippen molar-refractivity contribution in [3.8, 4) is 11.5 Å². The van der Waals surface area contributed by atoms with Crippen molar-refractivity contribution in [2.75, 3.05) is 18.7 Å². The van der Waals surface area contributed by atoms with Gasteiger partial charge in [-0.25, -0.2) is 4.98 Å². The van der Waals surface area contributed by atoms with Crippen LogP contribution in [0.2, 0.25) is 0 Å². The van der Waals surface area contributed by atoms with Gasteiger partial charge >= 0.3 is 0 Å². The number of rotatable bonds is 6. The van der Waals surface area contributed by atoms with Crippen LogP contribution < -0.4 is 20.1 Å². The highest BCUT2D eigenvalue weighted by Gasteiger charge is 2.17. The number of benzene rings is 1. The van der Waals surface area contributed by atoms with Gasteiger partial charge in [0.15, 0.2) is 16.6 Å². The Labute approximate surface area is 142 Å². The summed E-state index contributed by atoms with van der Waals surface area (Å²) < 4.78 is 10.5. The molecule has 1 aliphatic heterocycles. The number of anilines is 1. The molecule has 8 heteroatoms. The molecular weight excluding hydrogens is 330 g/mol. The van der Waals surface area contributed by atoms with Crippen LogP contribution in [0, 0.1) is 0 Å². The highest BCUT2D eigenvalue weighted by molar-refractivity contribution is 7.14. The molecule has 0 aliphatic carbocycles. The average molecular weight is 345 g/mol. The van der Waals surface area contributed by atoms with Gasteiger partial charge in [0, 0.05) is 17.5 Å². The van der Waals surface area contributed by atoms with Crippen LogP contribution in [0.3, 0.4) is 0 Å². The van der Waals surface area contributed by atoms with Gasteiger partial charge in [-0.2, -0.15) is 0 Å². The van der Waals surface area contributed by atoms with Gasteiger partial charge in [0.25, 0.3) is 5.91 Å². The zero-order valence-corrected chi connectivity index (χ0v) is 13.5. The zero-order valence-electron chi connectivity index (χ0n) is 12.7. The molecule has 0 atom stereocenters. The Hall–Kier alpha value is -2.87. The molecule has 2 aromatic rings. The molecule has 1 aromatic carbocycles. The van der Waals surface area contributed by atoms with Crippen LogP contribution >= 0.6 is 11.3 Å². The van der Waals surface area contributed by atoms with E-state index in [1.807, 2.05) is 0 Å². The lowest BCUT2D eigenvalue weighted by atomic mass is 10.2. The van der Waals surface area contributed by atoms with Crippen molar-refractivity contribution in [2.45, 2.75) is 6.42 Å². The minimum absolute atomic E-state index is 0.145. The van der Waals surface area contributed by atoms with Crippen LogP contribution in [0.15, 0.2) is 36.2 Å². The second kappa shape index (κ2) is 7.14. The lowest BCUT2D eigenvalue weighted by Crippen LogP contribution is -2.25. The highest BCUT2D eigenvalue weighted by atomic mass is 32.1. The van der Waals surface area contributed by atoms with Crippen molar-refractivity contribution in [1.29, 1.82) is 0 Å². The van der Waals surface area contributed by atoms with E-state index in [0.29, 0.717) is 34.4 Å². The van der Waals surface area contributed by atoms with Crippen LogP contribution in [0.1, 0.15) is 16.1 Å². The fraction of sp³-hybridized carbons (Fsp3) is 0.188. The Morgan fingerprint density at radius 1 is 1.33 bits per heavy atom. The van der Waals surface area contributed by atoms with E-state index in [0.717, 1.165) is 0 Å². The first kappa shape index (κ1) is 16.0. The smallest absolute Gasteiger partial charge is 0.257 e. The van der Waals surface area contributed by atoms with Crippen molar-refractivity contribution < 1.29 is 19.1 Å². The van der Waals surface area contributed by atoms with Gasteiger partial charge in [-0.3, -0.25) is 14.9 Å². The molecule has 7 nitrogen and oxygen atoms in total. The molecule has 24 heavy (non-hydrogen) atoms. The minimum atomic E-state index is -0.301. The SMILES string of the molecule is C=CCNC(=O)Cc1csc(NC(=O)c2ccc3c(c2)OCO3)n1. The standard InChI is InChI=1S/C16H15N3O4S/c1-2-5-17-14(20)7-11-8-24-16(18-11)19-15(21)10-3-4-12-13(6-10)23-9-22-12/h2-4,6,8H,1,5,7,9H2,(H,17,20)(H,18,19,21). The number of fused-ring (bicyclic) bond motifs is 1. The summed E-state index contributed by atoms with van der Waals surface area (Å²) in [5.74, 6) is 0.717. The van der Waals surface area contributed by atoms with E-state index >= 15 is 0 Å². The number of nitrogens with zero attached hydrogens (tertiary/aromatic N) is 1. The van der Waals surface area contributed by atoms with Crippen LogP contribution in [0.5, 0.6) is 11.5 Å². The molecule has 0 radical (unpaired) electrons. The van der Waals surface area contributed by atoms with Crippen molar-refractivity contribution in [3.63, 3.8) is 0 Å². The largest absolute Gasteiger partial charge is 0.454 e. The molecule has 0 unspecified atom stereocenters. The van der Waals surface area contributed by atoms with E-state index in [9.17, 15) is 9.59 Å². The zero-order chi connectivity index (χ0) is 16.9. The van der Waals surface area contributed by atoms with Gasteiger partial charge < -0.3 is 14.8 Å². The maximum atomic E-state index is 12.3. The summed E-state index contributed by atoms with van der Waals surface area (Å²) in [6.45, 7) is 4.10. The van der Waals surface area contributed by atoms with E-state index in [1.165, 1.54) is 11.3 Å². The summed E-state index contributed by atoms with van der Waals surface area (Å²) >= 11 is 1.26. The Morgan fingerprint density at radius 3 is 3.00 bits per heavy atom. The number of ether oxygens (including phenoxy) is 2. The van der Waals surface area contributed by atoms with Gasteiger partial charge in [-0.15, -0.1) is 17.9 Å². The highest BCUT2D eigenvalue weighted by Crippen LogP contribution is 2.32. The van der Waals surface area contributed by atoms with E-state index in [1.54, 1.807) is 29.7 Å². The number of thiazole rings is 1. The third-order valence-electron chi connectivity index (χ3n) is 3.19. The van der Waals surface area contributed by atoms with Crippen molar-refractivity contribution in [2.24, 2.45) is 0 Å². The number of hydrogen-bond donors (Lipinski definition) is 2. The molecule has 124 valence electrons. The Morgan fingerprint density at radius 2 is 2.17 bits per heavy atom. The van der Waals surface area contributed by atoms with Crippen LogP contribution in [0.25, 0.3) is 0 Å². The molecule has 3 rings (SSSR count). The van der Waals surface area contributed by atoms with Crippen molar-refractivity contribution >= 4 is 28.3 Å². The number of aromatic nitrogens is 1. The number of carbonyl (C=O) groups excluding carboxylic acids is 2. The van der Waals surface area contributed by atoms with Crippen LogP contribution in [0.4, 0.5) is 5.13 Å². The fourth-order valence-electron chi connectivity index (χ4n) is 2.07. The second-order valence-corrected chi connectivity index (χ2v) is 5.79. The lowest BCUT2D eigenvalue weighted by Gasteiger charge is -2.03. The van der Waals surface area contributed by atoms with Gasteiger partial charge in [-0.1, -0.05) is 6.08 Å². The Balaban J connectivity index is 1.61. The number of nitrogens with one attached hydrogen (secondary N) is 2. The second-order valence-electron chi connectivity index (χ2n) is 4.94. The van der Waals surface area contributed by atoms with Crippen LogP contribution in [-0.4, -0.2) is 30.1 Å². The normalized spacial score (nSPS) is 11.8. The first-order chi connectivity index (χ1) is 11.7. The minimum Gasteiger partial charge on any atom is -0.454 e. The summed E-state index contributed by atoms with van der Waals surface area (Å²) in [6, 6.07) is 4.96. The van der Waals surface area contributed by atoms with E-state index in [2.05, 4.69) is 22.2 Å². The third kappa shape index (κ3) is 3.72. The molecule has 1 aromatic heterocycles. The summed E-state index contributed by atoms with van der Waals surface area (Å²) in [6.07, 6.45) is 1.76. The summed E-state index contributed by atoms with van der Waals surface area (Å²) in [5, 5.41) is 7.56. The van der Waals surface area contributed by atoms with Crippen molar-refractivity contribution in [1.82, 2.24) is 10.3 Å². The molecule has 2 heterocycles. The number of amides is 2. The van der Waals surface area contributed by atoms with E-state index in [-0.39, 0.29) is 25.0 Å². The molecule has 1 aliphatic rings. The monoisotopic (exact) mass is 345 g/mol. The third-order valence-corrected chi connectivity index (χ3v) is 4.00. The van der Waals surface area contributed by atoms with Gasteiger partial charge in [0.05, 0.1) is 12.1 Å². The van der Waals surface area contributed by atoms with Gasteiger partial charge in [-0.05, 0) is 18.2 Å². The summed E-state index contributed by atoms with van der Waals surface area (Å²) in [7, 11) is 0. The predicted octanol–water partition coefficient (Wildman–Crippen LogP) is 1.97. The molecule has 2 N–H and O–H groups in total. The first-order valence-electron chi connectivity index (χ1n) is 7.18. The van der Waals surface area contributed by atoms with Gasteiger partial charge in [0.2, 0.25) is 12.7 Å². The average Bonchev–Trinajstić information content (AvgIpc) is 3.21. The quantitative estimate of drug-likeness (QED) is 0.781. The predicted molar refractivity (Wildman–Crippen MR) is 89.5 cm³/mol. The molecule has 0 saturated heterocycles. The maximum Gasteiger partial charge on any atom is 0.257 e. The Kier molecular flexibility index (Phi) is 4.76. The topological polar surface area (TPSA) is 89.6 Å². The van der Waals surface area contributed by atoms with E-state index in [4.69, 9.17) is 9.47 Å². The summed E-state index contributed by atoms with van der Waals surface area (Å²) in [5.41, 5.74) is 1.04. The first-order valence-corrected chi connectivity index (χ1v) is 8.06. The molecule has 0 bridgehead atoms. The number of carbonyl (C=O) groups is 2. The van der Waals surface area contributed by atoms with Crippen molar-refractivity contribution in [3.05, 3.63) is 47.5 Å². The fourth-order valence-corrected chi connectivity index (χ4v) is 2.77. The summed E-state index contributed by atoms with van der Waals surface area (Å²) in [4.78, 5) is 28.1. The molecular formula is C16H15N3O4S.